The largest absolute Gasteiger partial charge is 0.383 e. The predicted octanol–water partition coefficient (Wildman–Crippen LogP) is 1.86. The minimum absolute atomic E-state index is 0.00172. The summed E-state index contributed by atoms with van der Waals surface area (Å²) < 4.78 is 35.0. The molecule has 1 amide bonds. The van der Waals surface area contributed by atoms with E-state index >= 15 is 0 Å². The van der Waals surface area contributed by atoms with Gasteiger partial charge in [-0.2, -0.15) is 4.31 Å². The standard InChI is InChI=1S/C21H29N5O4S2/c1-30-13-12-26-20(23-24-21(26)31-15-19(27)22-17-9-10-17)16-6-5-11-25(14-16)32(28,29)18-7-3-2-4-8-18/h2-4,7-8,16-17H,5-6,9-15H2,1H3,(H,22,27)/t16-/m0/s1. The van der Waals surface area contributed by atoms with Crippen molar-refractivity contribution in [3.63, 3.8) is 0 Å². The molecule has 1 N–H and O–H groups in total. The van der Waals surface area contributed by atoms with E-state index in [2.05, 4.69) is 15.5 Å². The molecule has 1 saturated heterocycles. The van der Waals surface area contributed by atoms with E-state index in [4.69, 9.17) is 4.74 Å². The number of rotatable bonds is 10. The van der Waals surface area contributed by atoms with E-state index in [-0.39, 0.29) is 17.6 Å². The number of sulfonamides is 1. The molecule has 174 valence electrons. The van der Waals surface area contributed by atoms with Crippen LogP contribution in [0.25, 0.3) is 0 Å². The van der Waals surface area contributed by atoms with E-state index in [1.165, 1.54) is 11.8 Å². The van der Waals surface area contributed by atoms with Crippen LogP contribution in [0.1, 0.15) is 37.4 Å². The number of nitrogens with zero attached hydrogens (tertiary/aromatic N) is 4. The number of carbonyl (C=O) groups is 1. The van der Waals surface area contributed by atoms with Crippen LogP contribution in [0.5, 0.6) is 0 Å². The van der Waals surface area contributed by atoms with Crippen LogP contribution in [-0.2, 0) is 26.1 Å². The van der Waals surface area contributed by atoms with Gasteiger partial charge in [0, 0.05) is 38.7 Å². The molecule has 0 radical (unpaired) electrons. The lowest BCUT2D eigenvalue weighted by Gasteiger charge is -2.31. The molecule has 32 heavy (non-hydrogen) atoms. The summed E-state index contributed by atoms with van der Waals surface area (Å²) >= 11 is 1.35. The summed E-state index contributed by atoms with van der Waals surface area (Å²) in [6.07, 6.45) is 3.68. The van der Waals surface area contributed by atoms with E-state index in [9.17, 15) is 13.2 Å². The average Bonchev–Trinajstić information content (AvgIpc) is 3.53. The van der Waals surface area contributed by atoms with Gasteiger partial charge in [-0.1, -0.05) is 30.0 Å². The third-order valence-electron chi connectivity index (χ3n) is 5.67. The van der Waals surface area contributed by atoms with Crippen LogP contribution >= 0.6 is 11.8 Å². The highest BCUT2D eigenvalue weighted by Gasteiger charge is 2.33. The predicted molar refractivity (Wildman–Crippen MR) is 121 cm³/mol. The van der Waals surface area contributed by atoms with Crippen LogP contribution in [0.15, 0.2) is 40.4 Å². The van der Waals surface area contributed by atoms with Crippen molar-refractivity contribution in [2.24, 2.45) is 0 Å². The van der Waals surface area contributed by atoms with Gasteiger partial charge in [-0.3, -0.25) is 4.79 Å². The molecule has 1 atom stereocenters. The zero-order chi connectivity index (χ0) is 22.6. The molecule has 2 fully saturated rings. The zero-order valence-corrected chi connectivity index (χ0v) is 19.8. The number of benzene rings is 1. The molecule has 2 aliphatic rings. The Bertz CT molecular complexity index is 1020. The fourth-order valence-corrected chi connectivity index (χ4v) is 6.17. The normalized spacial score (nSPS) is 19.7. The highest BCUT2D eigenvalue weighted by atomic mass is 32.2. The highest BCUT2D eigenvalue weighted by molar-refractivity contribution is 7.99. The summed E-state index contributed by atoms with van der Waals surface area (Å²) in [5.74, 6) is 0.959. The first-order valence-electron chi connectivity index (χ1n) is 10.9. The van der Waals surface area contributed by atoms with Gasteiger partial charge in [-0.25, -0.2) is 8.42 Å². The van der Waals surface area contributed by atoms with Crippen molar-refractivity contribution in [2.75, 3.05) is 32.6 Å². The smallest absolute Gasteiger partial charge is 0.243 e. The van der Waals surface area contributed by atoms with Gasteiger partial charge in [-0.15, -0.1) is 10.2 Å². The Kier molecular flexibility index (Phi) is 7.49. The van der Waals surface area contributed by atoms with E-state index < -0.39 is 10.0 Å². The quantitative estimate of drug-likeness (QED) is 0.519. The Hall–Kier alpha value is -1.95. The third-order valence-corrected chi connectivity index (χ3v) is 8.52. The molecule has 1 aromatic heterocycles. The topological polar surface area (TPSA) is 106 Å². The maximum absolute atomic E-state index is 13.1. The van der Waals surface area contributed by atoms with Gasteiger partial charge in [0.05, 0.1) is 17.3 Å². The molecular weight excluding hydrogens is 450 g/mol. The number of hydrogen-bond donors (Lipinski definition) is 1. The van der Waals surface area contributed by atoms with E-state index in [1.807, 2.05) is 4.57 Å². The van der Waals surface area contributed by atoms with Gasteiger partial charge in [0.25, 0.3) is 0 Å². The number of amides is 1. The first-order chi connectivity index (χ1) is 15.5. The SMILES string of the molecule is COCCn1c(SCC(=O)NC2CC2)nnc1[C@H]1CCCN(S(=O)(=O)c2ccccc2)C1. The molecule has 1 aromatic carbocycles. The van der Waals surface area contributed by atoms with Gasteiger partial charge >= 0.3 is 0 Å². The Morgan fingerprint density at radius 1 is 1.22 bits per heavy atom. The Balaban J connectivity index is 1.49. The lowest BCUT2D eigenvalue weighted by atomic mass is 9.99. The molecule has 0 bridgehead atoms. The number of carbonyl (C=O) groups excluding carboxylic acids is 1. The molecule has 9 nitrogen and oxygen atoms in total. The molecule has 1 aliphatic carbocycles. The van der Waals surface area contributed by atoms with Gasteiger partial charge < -0.3 is 14.6 Å². The second kappa shape index (κ2) is 10.3. The lowest BCUT2D eigenvalue weighted by Crippen LogP contribution is -2.39. The highest BCUT2D eigenvalue weighted by Crippen LogP contribution is 2.31. The van der Waals surface area contributed by atoms with Crippen molar-refractivity contribution in [1.82, 2.24) is 24.4 Å². The number of hydrogen-bond acceptors (Lipinski definition) is 7. The molecule has 2 heterocycles. The molecule has 0 spiro atoms. The van der Waals surface area contributed by atoms with Gasteiger partial charge in [0.2, 0.25) is 15.9 Å². The molecule has 1 saturated carbocycles. The Morgan fingerprint density at radius 3 is 2.72 bits per heavy atom. The summed E-state index contributed by atoms with van der Waals surface area (Å²) in [6.45, 7) is 1.87. The molecule has 4 rings (SSSR count). The second-order valence-corrected chi connectivity index (χ2v) is 11.0. The van der Waals surface area contributed by atoms with Crippen LogP contribution in [0, 0.1) is 0 Å². The molecular formula is C21H29N5O4S2. The van der Waals surface area contributed by atoms with Crippen molar-refractivity contribution >= 4 is 27.7 Å². The number of ether oxygens (including phenoxy) is 1. The van der Waals surface area contributed by atoms with Crippen LogP contribution in [-0.4, -0.2) is 72.0 Å². The fraction of sp³-hybridized carbons (Fsp3) is 0.571. The second-order valence-electron chi connectivity index (χ2n) is 8.13. The average molecular weight is 480 g/mol. The van der Waals surface area contributed by atoms with E-state index in [0.717, 1.165) is 31.5 Å². The number of methoxy groups -OCH3 is 1. The number of thioether (sulfide) groups is 1. The maximum Gasteiger partial charge on any atom is 0.243 e. The monoisotopic (exact) mass is 479 g/mol. The van der Waals surface area contributed by atoms with Crippen LogP contribution in [0.3, 0.4) is 0 Å². The van der Waals surface area contributed by atoms with Crippen LogP contribution in [0.2, 0.25) is 0 Å². The summed E-state index contributed by atoms with van der Waals surface area (Å²) in [4.78, 5) is 12.4. The third kappa shape index (κ3) is 5.51. The van der Waals surface area contributed by atoms with Gasteiger partial charge in [-0.05, 0) is 37.8 Å². The van der Waals surface area contributed by atoms with Crippen molar-refractivity contribution in [1.29, 1.82) is 0 Å². The van der Waals surface area contributed by atoms with Crippen molar-refractivity contribution in [3.05, 3.63) is 36.2 Å². The zero-order valence-electron chi connectivity index (χ0n) is 18.1. The van der Waals surface area contributed by atoms with Crippen LogP contribution in [0.4, 0.5) is 0 Å². The summed E-state index contributed by atoms with van der Waals surface area (Å²) in [6, 6.07) is 8.85. The van der Waals surface area contributed by atoms with Crippen molar-refractivity contribution in [3.8, 4) is 0 Å². The summed E-state index contributed by atoms with van der Waals surface area (Å²) in [7, 11) is -1.93. The Labute approximate surface area is 193 Å². The molecule has 11 heteroatoms. The van der Waals surface area contributed by atoms with Gasteiger partial charge in [0.1, 0.15) is 5.82 Å². The maximum atomic E-state index is 13.1. The molecule has 0 unspecified atom stereocenters. The number of piperidine rings is 1. The van der Waals surface area contributed by atoms with Crippen molar-refractivity contribution < 1.29 is 17.9 Å². The summed E-state index contributed by atoms with van der Waals surface area (Å²) in [5, 5.41) is 12.4. The summed E-state index contributed by atoms with van der Waals surface area (Å²) in [5.41, 5.74) is 0. The minimum atomic E-state index is -3.56. The van der Waals surface area contributed by atoms with E-state index in [1.54, 1.807) is 41.7 Å². The van der Waals surface area contributed by atoms with Crippen LogP contribution < -0.4 is 5.32 Å². The fourth-order valence-electron chi connectivity index (χ4n) is 3.84. The Morgan fingerprint density at radius 2 is 2.00 bits per heavy atom. The molecule has 1 aliphatic heterocycles. The molecule has 2 aromatic rings. The lowest BCUT2D eigenvalue weighted by molar-refractivity contribution is -0.118. The van der Waals surface area contributed by atoms with E-state index in [0.29, 0.717) is 42.3 Å². The van der Waals surface area contributed by atoms with Gasteiger partial charge in [0.15, 0.2) is 5.16 Å². The minimum Gasteiger partial charge on any atom is -0.383 e. The first-order valence-corrected chi connectivity index (χ1v) is 13.3. The van der Waals surface area contributed by atoms with Crippen molar-refractivity contribution in [2.45, 2.75) is 54.2 Å². The first kappa shape index (κ1) is 23.2. The number of aromatic nitrogens is 3. The number of nitrogens with one attached hydrogen (secondary N) is 1.